The Labute approximate surface area is 167 Å². The summed E-state index contributed by atoms with van der Waals surface area (Å²) < 4.78 is 5.83. The second-order valence-corrected chi connectivity index (χ2v) is 7.17. The lowest BCUT2D eigenvalue weighted by Gasteiger charge is -2.11. The first kappa shape index (κ1) is 19.0. The summed E-state index contributed by atoms with van der Waals surface area (Å²) in [6.45, 7) is 2.11. The molecule has 0 fully saturated rings. The van der Waals surface area contributed by atoms with Crippen LogP contribution in [0, 0.1) is 18.3 Å². The highest BCUT2D eigenvalue weighted by Gasteiger charge is 2.14. The number of ether oxygens (including phenoxy) is 1. The van der Waals surface area contributed by atoms with Crippen LogP contribution in [0.25, 0.3) is 0 Å². The number of hydrogen-bond donors (Lipinski definition) is 1. The summed E-state index contributed by atoms with van der Waals surface area (Å²) in [6.07, 6.45) is 0. The molecule has 0 atom stereocenters. The van der Waals surface area contributed by atoms with Crippen LogP contribution in [0.3, 0.4) is 0 Å². The zero-order valence-corrected chi connectivity index (χ0v) is 16.2. The molecule has 0 unspecified atom stereocenters. The fraction of sp³-hybridized carbons (Fsp3) is 0.150. The van der Waals surface area contributed by atoms with Crippen LogP contribution in [0.4, 0.5) is 5.82 Å². The number of hydrogen-bond acceptors (Lipinski definition) is 6. The number of nitrogen functional groups attached to an aromatic ring is 1. The summed E-state index contributed by atoms with van der Waals surface area (Å²) in [5, 5.41) is 10.6. The van der Waals surface area contributed by atoms with E-state index in [1.807, 2.05) is 55.5 Å². The van der Waals surface area contributed by atoms with Crippen molar-refractivity contribution < 1.29 is 4.74 Å². The molecule has 1 aromatic heterocycles. The van der Waals surface area contributed by atoms with Crippen molar-refractivity contribution in [2.24, 2.45) is 0 Å². The first-order valence-corrected chi connectivity index (χ1v) is 9.55. The maximum Gasteiger partial charge on any atom is 0.190 e. The Morgan fingerprint density at radius 2 is 1.89 bits per heavy atom. The molecule has 0 saturated carbocycles. The van der Waals surface area contributed by atoms with Crippen molar-refractivity contribution in [2.45, 2.75) is 24.4 Å². The van der Waals surface area contributed by atoms with Crippen molar-refractivity contribution in [3.05, 3.63) is 75.9 Å². The molecule has 0 aliphatic rings. The molecule has 2 N–H and O–H groups in total. The highest BCUT2D eigenvalue weighted by molar-refractivity contribution is 7.98. The van der Waals surface area contributed by atoms with E-state index in [9.17, 15) is 5.26 Å². The number of rotatable bonds is 6. The van der Waals surface area contributed by atoms with Gasteiger partial charge in [-0.25, -0.2) is 9.97 Å². The van der Waals surface area contributed by atoms with Gasteiger partial charge in [-0.15, -0.1) is 0 Å². The lowest BCUT2D eigenvalue weighted by molar-refractivity contribution is 0.297. The number of para-hydroxylation sites is 1. The van der Waals surface area contributed by atoms with E-state index < -0.39 is 0 Å². The first-order valence-electron chi connectivity index (χ1n) is 8.19. The van der Waals surface area contributed by atoms with Gasteiger partial charge in [0.1, 0.15) is 35.5 Å². The lowest BCUT2D eigenvalue weighted by Crippen LogP contribution is -2.08. The van der Waals surface area contributed by atoms with E-state index in [-0.39, 0.29) is 18.0 Å². The van der Waals surface area contributed by atoms with Crippen LogP contribution in [-0.2, 0) is 12.4 Å². The molecule has 27 heavy (non-hydrogen) atoms. The maximum atomic E-state index is 9.39. The summed E-state index contributed by atoms with van der Waals surface area (Å²) in [5.41, 5.74) is 8.79. The molecule has 0 spiro atoms. The Morgan fingerprint density at radius 1 is 1.15 bits per heavy atom. The Hall–Kier alpha value is -2.75. The topological polar surface area (TPSA) is 84.8 Å². The number of aryl methyl sites for hydroxylation is 1. The van der Waals surface area contributed by atoms with Gasteiger partial charge in [-0.2, -0.15) is 5.26 Å². The molecule has 136 valence electrons. The number of benzene rings is 2. The summed E-state index contributed by atoms with van der Waals surface area (Å²) in [6, 6.07) is 17.3. The molecule has 7 heteroatoms. The second-order valence-electron chi connectivity index (χ2n) is 5.79. The maximum absolute atomic E-state index is 9.39. The van der Waals surface area contributed by atoms with Gasteiger partial charge in [0.25, 0.3) is 0 Å². The Bertz CT molecular complexity index is 986. The monoisotopic (exact) mass is 396 g/mol. The normalized spacial score (nSPS) is 10.4. The summed E-state index contributed by atoms with van der Waals surface area (Å²) in [5.74, 6) is 1.57. The Kier molecular flexibility index (Phi) is 6.17. The van der Waals surface area contributed by atoms with Crippen LogP contribution in [0.1, 0.15) is 22.4 Å². The smallest absolute Gasteiger partial charge is 0.190 e. The SMILES string of the molecule is Cc1ccccc1OCc1nc(SCc2ccc(Cl)cc2)nc(N)c1C#N. The molecule has 0 aliphatic heterocycles. The van der Waals surface area contributed by atoms with Gasteiger partial charge in [0.2, 0.25) is 0 Å². The fourth-order valence-electron chi connectivity index (χ4n) is 2.39. The van der Waals surface area contributed by atoms with E-state index in [0.717, 1.165) is 16.9 Å². The van der Waals surface area contributed by atoms with E-state index in [1.165, 1.54) is 11.8 Å². The van der Waals surface area contributed by atoms with Crippen molar-refractivity contribution in [3.8, 4) is 11.8 Å². The van der Waals surface area contributed by atoms with Crippen molar-refractivity contribution in [2.75, 3.05) is 5.73 Å². The van der Waals surface area contributed by atoms with Crippen molar-refractivity contribution in [1.29, 1.82) is 5.26 Å². The van der Waals surface area contributed by atoms with E-state index in [4.69, 9.17) is 22.1 Å². The summed E-state index contributed by atoms with van der Waals surface area (Å²) >= 11 is 7.35. The minimum absolute atomic E-state index is 0.148. The second kappa shape index (κ2) is 8.76. The third kappa shape index (κ3) is 4.91. The third-order valence-electron chi connectivity index (χ3n) is 3.84. The highest BCUT2D eigenvalue weighted by atomic mass is 35.5. The highest BCUT2D eigenvalue weighted by Crippen LogP contribution is 2.25. The Morgan fingerprint density at radius 3 is 2.59 bits per heavy atom. The van der Waals surface area contributed by atoms with Crippen molar-refractivity contribution in [1.82, 2.24) is 9.97 Å². The Balaban J connectivity index is 1.77. The van der Waals surface area contributed by atoms with Gasteiger partial charge in [0.15, 0.2) is 5.16 Å². The average molecular weight is 397 g/mol. The van der Waals surface area contributed by atoms with E-state index in [0.29, 0.717) is 21.6 Å². The molecule has 0 bridgehead atoms. The van der Waals surface area contributed by atoms with Gasteiger partial charge in [-0.05, 0) is 36.2 Å². The third-order valence-corrected chi connectivity index (χ3v) is 5.01. The molecule has 3 rings (SSSR count). The number of aromatic nitrogens is 2. The van der Waals surface area contributed by atoms with Crippen molar-refractivity contribution >= 4 is 29.2 Å². The first-order chi connectivity index (χ1) is 13.1. The van der Waals surface area contributed by atoms with Gasteiger partial charge in [-0.3, -0.25) is 0 Å². The molecule has 0 amide bonds. The van der Waals surface area contributed by atoms with Gasteiger partial charge in [0, 0.05) is 10.8 Å². The molecule has 5 nitrogen and oxygen atoms in total. The van der Waals surface area contributed by atoms with Gasteiger partial charge >= 0.3 is 0 Å². The molecule has 0 saturated heterocycles. The molecule has 3 aromatic rings. The zero-order valence-electron chi connectivity index (χ0n) is 14.6. The molecule has 0 radical (unpaired) electrons. The quantitative estimate of drug-likeness (QED) is 0.477. The van der Waals surface area contributed by atoms with Gasteiger partial charge in [0.05, 0.1) is 0 Å². The number of thioether (sulfide) groups is 1. The van der Waals surface area contributed by atoms with Gasteiger partial charge in [-0.1, -0.05) is 53.7 Å². The van der Waals surface area contributed by atoms with E-state index >= 15 is 0 Å². The minimum atomic E-state index is 0.148. The zero-order chi connectivity index (χ0) is 19.2. The van der Waals surface area contributed by atoms with Crippen LogP contribution in [0.5, 0.6) is 5.75 Å². The predicted molar refractivity (Wildman–Crippen MR) is 108 cm³/mol. The fourth-order valence-corrected chi connectivity index (χ4v) is 3.34. The number of nitrogens with two attached hydrogens (primary N) is 1. The number of halogens is 1. The molecule has 1 heterocycles. The van der Waals surface area contributed by atoms with Gasteiger partial charge < -0.3 is 10.5 Å². The van der Waals surface area contributed by atoms with Crippen LogP contribution >= 0.6 is 23.4 Å². The minimum Gasteiger partial charge on any atom is -0.487 e. The standard InChI is InChI=1S/C20H17ClN4OS/c1-13-4-2-3-5-18(13)26-11-17-16(10-22)19(23)25-20(24-17)27-12-14-6-8-15(21)9-7-14/h2-9H,11-12H2,1H3,(H2,23,24,25). The van der Waals surface area contributed by atoms with Crippen LogP contribution in [0.15, 0.2) is 53.7 Å². The number of nitrogens with zero attached hydrogens (tertiary/aromatic N) is 3. The molecule has 2 aromatic carbocycles. The summed E-state index contributed by atoms with van der Waals surface area (Å²) in [7, 11) is 0. The average Bonchev–Trinajstić information content (AvgIpc) is 2.67. The van der Waals surface area contributed by atoms with E-state index in [1.54, 1.807) is 0 Å². The largest absolute Gasteiger partial charge is 0.487 e. The lowest BCUT2D eigenvalue weighted by atomic mass is 10.2. The van der Waals surface area contributed by atoms with Crippen LogP contribution < -0.4 is 10.5 Å². The predicted octanol–water partition coefficient (Wildman–Crippen LogP) is 4.76. The molecule has 0 aliphatic carbocycles. The number of anilines is 1. The summed E-state index contributed by atoms with van der Waals surface area (Å²) in [4.78, 5) is 8.72. The molecular weight excluding hydrogens is 380 g/mol. The van der Waals surface area contributed by atoms with Crippen molar-refractivity contribution in [3.63, 3.8) is 0 Å². The van der Waals surface area contributed by atoms with Crippen LogP contribution in [-0.4, -0.2) is 9.97 Å². The number of nitriles is 1. The van der Waals surface area contributed by atoms with Crippen LogP contribution in [0.2, 0.25) is 5.02 Å². The molecular formula is C20H17ClN4OS. The van der Waals surface area contributed by atoms with E-state index in [2.05, 4.69) is 16.0 Å².